The average molecular weight is 312 g/mol. The quantitative estimate of drug-likeness (QED) is 0.786. The van der Waals surface area contributed by atoms with Crippen molar-refractivity contribution in [1.29, 1.82) is 0 Å². The molecule has 1 aliphatic heterocycles. The van der Waals surface area contributed by atoms with Crippen LogP contribution in [0, 0.1) is 5.92 Å². The first kappa shape index (κ1) is 16.6. The third-order valence-electron chi connectivity index (χ3n) is 3.63. The molecule has 1 aromatic carbocycles. The SMILES string of the molecule is CC(C)CNCc1cccc(Cl)c1OCCC1CCCO1. The molecule has 1 N–H and O–H groups in total. The summed E-state index contributed by atoms with van der Waals surface area (Å²) in [6, 6.07) is 5.93. The van der Waals surface area contributed by atoms with Crippen LogP contribution in [0.5, 0.6) is 5.75 Å². The van der Waals surface area contributed by atoms with Gasteiger partial charge in [0, 0.05) is 25.1 Å². The molecule has 0 spiro atoms. The van der Waals surface area contributed by atoms with E-state index in [2.05, 4.69) is 25.2 Å². The minimum Gasteiger partial charge on any atom is -0.492 e. The molecule has 0 saturated carbocycles. The van der Waals surface area contributed by atoms with Gasteiger partial charge in [-0.1, -0.05) is 37.6 Å². The van der Waals surface area contributed by atoms with Crippen LogP contribution in [-0.4, -0.2) is 25.9 Å². The van der Waals surface area contributed by atoms with Crippen molar-refractivity contribution >= 4 is 11.6 Å². The molecule has 1 heterocycles. The molecule has 1 aliphatic rings. The van der Waals surface area contributed by atoms with Gasteiger partial charge in [-0.2, -0.15) is 0 Å². The van der Waals surface area contributed by atoms with Crippen molar-refractivity contribution in [3.8, 4) is 5.75 Å². The average Bonchev–Trinajstić information content (AvgIpc) is 2.94. The molecule has 0 radical (unpaired) electrons. The van der Waals surface area contributed by atoms with E-state index in [9.17, 15) is 0 Å². The van der Waals surface area contributed by atoms with Crippen LogP contribution in [0.3, 0.4) is 0 Å². The fourth-order valence-electron chi connectivity index (χ4n) is 2.51. The van der Waals surface area contributed by atoms with Gasteiger partial charge in [0.25, 0.3) is 0 Å². The van der Waals surface area contributed by atoms with Crippen LogP contribution in [0.2, 0.25) is 5.02 Å². The minimum atomic E-state index is 0.356. The highest BCUT2D eigenvalue weighted by molar-refractivity contribution is 6.32. The first-order valence-electron chi connectivity index (χ1n) is 7.89. The van der Waals surface area contributed by atoms with Crippen LogP contribution >= 0.6 is 11.6 Å². The molecule has 1 fully saturated rings. The Morgan fingerprint density at radius 1 is 1.43 bits per heavy atom. The molecule has 0 amide bonds. The zero-order chi connectivity index (χ0) is 15.1. The van der Waals surface area contributed by atoms with Gasteiger partial charge in [-0.05, 0) is 31.4 Å². The predicted octanol–water partition coefficient (Wildman–Crippen LogP) is 4.03. The maximum absolute atomic E-state index is 6.28. The monoisotopic (exact) mass is 311 g/mol. The van der Waals surface area contributed by atoms with E-state index in [0.29, 0.717) is 23.7 Å². The molecule has 0 bridgehead atoms. The lowest BCUT2D eigenvalue weighted by Crippen LogP contribution is -2.19. The zero-order valence-corrected chi connectivity index (χ0v) is 13.8. The molecular formula is C17H26ClNO2. The van der Waals surface area contributed by atoms with E-state index in [1.54, 1.807) is 0 Å². The molecule has 1 atom stereocenters. The lowest BCUT2D eigenvalue weighted by molar-refractivity contribution is 0.0902. The number of benzene rings is 1. The molecule has 0 aliphatic carbocycles. The highest BCUT2D eigenvalue weighted by atomic mass is 35.5. The summed E-state index contributed by atoms with van der Waals surface area (Å²) in [6.07, 6.45) is 3.61. The normalized spacial score (nSPS) is 18.4. The van der Waals surface area contributed by atoms with E-state index in [4.69, 9.17) is 21.1 Å². The minimum absolute atomic E-state index is 0.356. The van der Waals surface area contributed by atoms with Gasteiger partial charge < -0.3 is 14.8 Å². The molecule has 1 aromatic rings. The number of hydrogen-bond donors (Lipinski definition) is 1. The van der Waals surface area contributed by atoms with Gasteiger partial charge >= 0.3 is 0 Å². The zero-order valence-electron chi connectivity index (χ0n) is 13.0. The topological polar surface area (TPSA) is 30.5 Å². The Kier molecular flexibility index (Phi) is 6.81. The molecule has 1 saturated heterocycles. The van der Waals surface area contributed by atoms with Crippen LogP contribution in [-0.2, 0) is 11.3 Å². The standard InChI is InChI=1S/C17H26ClNO2/c1-13(2)11-19-12-14-5-3-7-16(18)17(14)21-10-8-15-6-4-9-20-15/h3,5,7,13,15,19H,4,6,8-12H2,1-2H3. The van der Waals surface area contributed by atoms with Gasteiger partial charge in [0.15, 0.2) is 0 Å². The number of ether oxygens (including phenoxy) is 2. The third-order valence-corrected chi connectivity index (χ3v) is 3.92. The van der Waals surface area contributed by atoms with Crippen molar-refractivity contribution in [2.75, 3.05) is 19.8 Å². The summed E-state index contributed by atoms with van der Waals surface area (Å²) in [7, 11) is 0. The second kappa shape index (κ2) is 8.62. The predicted molar refractivity (Wildman–Crippen MR) is 87.1 cm³/mol. The molecule has 0 aromatic heterocycles. The summed E-state index contributed by atoms with van der Waals surface area (Å²) in [6.45, 7) is 7.72. The molecule has 1 unspecified atom stereocenters. The number of para-hydroxylation sites is 1. The first-order valence-corrected chi connectivity index (χ1v) is 8.27. The van der Waals surface area contributed by atoms with Gasteiger partial charge in [0.05, 0.1) is 17.7 Å². The van der Waals surface area contributed by atoms with E-state index in [-0.39, 0.29) is 0 Å². The summed E-state index contributed by atoms with van der Waals surface area (Å²) < 4.78 is 11.6. The summed E-state index contributed by atoms with van der Waals surface area (Å²) in [4.78, 5) is 0. The van der Waals surface area contributed by atoms with Crippen LogP contribution in [0.25, 0.3) is 0 Å². The van der Waals surface area contributed by atoms with E-state index >= 15 is 0 Å². The molecule has 2 rings (SSSR count). The molecule has 4 heteroatoms. The van der Waals surface area contributed by atoms with Crippen LogP contribution in [0.4, 0.5) is 0 Å². The molecule has 3 nitrogen and oxygen atoms in total. The van der Waals surface area contributed by atoms with Gasteiger partial charge in [-0.3, -0.25) is 0 Å². The van der Waals surface area contributed by atoms with Gasteiger partial charge in [-0.25, -0.2) is 0 Å². The van der Waals surface area contributed by atoms with Crippen molar-refractivity contribution in [3.05, 3.63) is 28.8 Å². The van der Waals surface area contributed by atoms with Crippen molar-refractivity contribution in [2.24, 2.45) is 5.92 Å². The second-order valence-electron chi connectivity index (χ2n) is 6.02. The smallest absolute Gasteiger partial charge is 0.142 e. The molecule has 21 heavy (non-hydrogen) atoms. The van der Waals surface area contributed by atoms with Crippen LogP contribution < -0.4 is 10.1 Å². The van der Waals surface area contributed by atoms with E-state index in [1.807, 2.05) is 12.1 Å². The number of rotatable bonds is 8. The number of nitrogens with one attached hydrogen (secondary N) is 1. The Morgan fingerprint density at radius 2 is 2.29 bits per heavy atom. The Balaban J connectivity index is 1.86. The Bertz CT molecular complexity index is 431. The Hall–Kier alpha value is -0.770. The molecule has 118 valence electrons. The fourth-order valence-corrected chi connectivity index (χ4v) is 2.76. The largest absolute Gasteiger partial charge is 0.492 e. The van der Waals surface area contributed by atoms with Gasteiger partial charge in [0.1, 0.15) is 5.75 Å². The van der Waals surface area contributed by atoms with Crippen molar-refractivity contribution in [2.45, 2.75) is 45.8 Å². The van der Waals surface area contributed by atoms with Crippen molar-refractivity contribution in [3.63, 3.8) is 0 Å². The molecular weight excluding hydrogens is 286 g/mol. The van der Waals surface area contributed by atoms with Crippen molar-refractivity contribution < 1.29 is 9.47 Å². The van der Waals surface area contributed by atoms with E-state index in [0.717, 1.165) is 43.9 Å². The number of hydrogen-bond acceptors (Lipinski definition) is 3. The summed E-state index contributed by atoms with van der Waals surface area (Å²) in [5.74, 6) is 1.45. The summed E-state index contributed by atoms with van der Waals surface area (Å²) >= 11 is 6.28. The highest BCUT2D eigenvalue weighted by Gasteiger charge is 2.16. The van der Waals surface area contributed by atoms with E-state index < -0.39 is 0 Å². The second-order valence-corrected chi connectivity index (χ2v) is 6.43. The first-order chi connectivity index (χ1) is 10.2. The van der Waals surface area contributed by atoms with Gasteiger partial charge in [-0.15, -0.1) is 0 Å². The maximum atomic E-state index is 6.28. The highest BCUT2D eigenvalue weighted by Crippen LogP contribution is 2.29. The van der Waals surface area contributed by atoms with Crippen molar-refractivity contribution in [1.82, 2.24) is 5.32 Å². The Morgan fingerprint density at radius 3 is 3.00 bits per heavy atom. The summed E-state index contributed by atoms with van der Waals surface area (Å²) in [5.41, 5.74) is 1.12. The van der Waals surface area contributed by atoms with Crippen LogP contribution in [0.15, 0.2) is 18.2 Å². The lowest BCUT2D eigenvalue weighted by Gasteiger charge is -2.16. The fraction of sp³-hybridized carbons (Fsp3) is 0.647. The van der Waals surface area contributed by atoms with Crippen LogP contribution in [0.1, 0.15) is 38.7 Å². The Labute approximate surface area is 133 Å². The lowest BCUT2D eigenvalue weighted by atomic mass is 10.1. The number of halogens is 1. The van der Waals surface area contributed by atoms with E-state index in [1.165, 1.54) is 6.42 Å². The maximum Gasteiger partial charge on any atom is 0.142 e. The summed E-state index contributed by atoms with van der Waals surface area (Å²) in [5, 5.41) is 4.12. The third kappa shape index (κ3) is 5.50. The van der Waals surface area contributed by atoms with Gasteiger partial charge in [0.2, 0.25) is 0 Å².